The number of amides is 1. The molecule has 1 amide bonds. The predicted molar refractivity (Wildman–Crippen MR) is 93.1 cm³/mol. The number of rotatable bonds is 3. The third-order valence-electron chi connectivity index (χ3n) is 5.25. The fourth-order valence-corrected chi connectivity index (χ4v) is 2.90. The molecule has 3 rings (SSSR count). The van der Waals surface area contributed by atoms with Gasteiger partial charge in [-0.15, -0.1) is 0 Å². The highest BCUT2D eigenvalue weighted by atomic mass is 35.5. The zero-order chi connectivity index (χ0) is 16.8. The topological polar surface area (TPSA) is 47.6 Å². The van der Waals surface area contributed by atoms with Gasteiger partial charge in [-0.1, -0.05) is 24.1 Å². The molecule has 23 heavy (non-hydrogen) atoms. The van der Waals surface area contributed by atoms with Gasteiger partial charge in [0.25, 0.3) is 0 Å². The van der Waals surface area contributed by atoms with Crippen molar-refractivity contribution >= 4 is 35.8 Å². The van der Waals surface area contributed by atoms with Crippen molar-refractivity contribution in [1.82, 2.24) is 0 Å². The van der Waals surface area contributed by atoms with Crippen molar-refractivity contribution in [3.63, 3.8) is 0 Å². The van der Waals surface area contributed by atoms with E-state index < -0.39 is 7.12 Å². The molecule has 1 saturated heterocycles. The molecular weight excluding hydrogens is 312 g/mol. The zero-order valence-corrected chi connectivity index (χ0v) is 14.9. The van der Waals surface area contributed by atoms with E-state index in [-0.39, 0.29) is 23.0 Å². The Morgan fingerprint density at radius 1 is 1.22 bits per heavy atom. The van der Waals surface area contributed by atoms with Crippen LogP contribution in [0.3, 0.4) is 0 Å². The standard InChI is InChI=1S/C17H23BClNO3/c1-16(2)17(3,4)23-18(22-16)12-8-9-14(13(19)10-12)20-15(21)11-6-5-7-11/h8-11H,5-7H2,1-4H3,(H,20,21). The van der Waals surface area contributed by atoms with Gasteiger partial charge >= 0.3 is 7.12 Å². The molecule has 1 aromatic rings. The molecule has 0 atom stereocenters. The van der Waals surface area contributed by atoms with E-state index in [0.717, 1.165) is 24.7 Å². The van der Waals surface area contributed by atoms with Crippen molar-refractivity contribution < 1.29 is 14.1 Å². The number of benzene rings is 1. The molecule has 124 valence electrons. The van der Waals surface area contributed by atoms with Crippen molar-refractivity contribution in [1.29, 1.82) is 0 Å². The lowest BCUT2D eigenvalue weighted by molar-refractivity contribution is -0.122. The van der Waals surface area contributed by atoms with Crippen LogP contribution in [0.4, 0.5) is 5.69 Å². The minimum absolute atomic E-state index is 0.0570. The van der Waals surface area contributed by atoms with Gasteiger partial charge in [-0.2, -0.15) is 0 Å². The maximum atomic E-state index is 12.0. The number of carbonyl (C=O) groups is 1. The van der Waals surface area contributed by atoms with Gasteiger partial charge in [-0.3, -0.25) is 4.79 Å². The summed E-state index contributed by atoms with van der Waals surface area (Å²) in [5, 5.41) is 3.41. The molecule has 1 aliphatic heterocycles. The van der Waals surface area contributed by atoms with Crippen LogP contribution in [0.2, 0.25) is 5.02 Å². The van der Waals surface area contributed by atoms with Gasteiger partial charge in [0.05, 0.1) is 21.9 Å². The average molecular weight is 336 g/mol. The van der Waals surface area contributed by atoms with Crippen LogP contribution in [-0.4, -0.2) is 24.2 Å². The monoisotopic (exact) mass is 335 g/mol. The number of hydrogen-bond acceptors (Lipinski definition) is 3. The van der Waals surface area contributed by atoms with Crippen molar-refractivity contribution in [3.05, 3.63) is 23.2 Å². The molecule has 1 aliphatic carbocycles. The summed E-state index contributed by atoms with van der Waals surface area (Å²) in [5.41, 5.74) is 0.724. The smallest absolute Gasteiger partial charge is 0.399 e. The molecule has 0 bridgehead atoms. The quantitative estimate of drug-likeness (QED) is 0.862. The number of nitrogens with one attached hydrogen (secondary N) is 1. The Morgan fingerprint density at radius 2 is 1.83 bits per heavy atom. The van der Waals surface area contributed by atoms with Crippen LogP contribution < -0.4 is 10.8 Å². The van der Waals surface area contributed by atoms with E-state index in [1.807, 2.05) is 39.8 Å². The van der Waals surface area contributed by atoms with Crippen molar-refractivity contribution in [2.75, 3.05) is 5.32 Å². The van der Waals surface area contributed by atoms with Crippen LogP contribution in [0.15, 0.2) is 18.2 Å². The second-order valence-electron chi connectivity index (χ2n) is 7.44. The van der Waals surface area contributed by atoms with Crippen LogP contribution in [0, 0.1) is 5.92 Å². The maximum absolute atomic E-state index is 12.0. The van der Waals surface area contributed by atoms with Crippen molar-refractivity contribution in [3.8, 4) is 0 Å². The summed E-state index contributed by atoms with van der Waals surface area (Å²) >= 11 is 6.33. The van der Waals surface area contributed by atoms with Crippen LogP contribution in [0.5, 0.6) is 0 Å². The third-order valence-corrected chi connectivity index (χ3v) is 5.57. The summed E-state index contributed by atoms with van der Waals surface area (Å²) < 4.78 is 12.0. The lowest BCUT2D eigenvalue weighted by atomic mass is 9.79. The number of carbonyl (C=O) groups excluding carboxylic acids is 1. The van der Waals surface area contributed by atoms with Crippen LogP contribution >= 0.6 is 11.6 Å². The summed E-state index contributed by atoms with van der Waals surface area (Å²) in [6.45, 7) is 8.06. The Bertz CT molecular complexity index is 612. The Labute approximate surface area is 143 Å². The first-order valence-corrected chi connectivity index (χ1v) is 8.53. The Balaban J connectivity index is 1.73. The summed E-state index contributed by atoms with van der Waals surface area (Å²) in [6.07, 6.45) is 3.07. The van der Waals surface area contributed by atoms with Gasteiger partial charge in [0.1, 0.15) is 0 Å². The molecule has 1 heterocycles. The highest BCUT2D eigenvalue weighted by Gasteiger charge is 2.51. The Kier molecular flexibility index (Phi) is 4.24. The van der Waals surface area contributed by atoms with E-state index in [1.165, 1.54) is 0 Å². The highest BCUT2D eigenvalue weighted by molar-refractivity contribution is 6.62. The predicted octanol–water partition coefficient (Wildman–Crippen LogP) is 3.38. The molecule has 0 unspecified atom stereocenters. The molecule has 1 N–H and O–H groups in total. The highest BCUT2D eigenvalue weighted by Crippen LogP contribution is 2.37. The molecular formula is C17H23BClNO3. The van der Waals surface area contributed by atoms with E-state index in [4.69, 9.17) is 20.9 Å². The fourth-order valence-electron chi connectivity index (χ4n) is 2.66. The molecule has 2 aliphatic rings. The third kappa shape index (κ3) is 3.15. The van der Waals surface area contributed by atoms with Gasteiger partial charge in [0, 0.05) is 5.92 Å². The molecule has 1 aromatic carbocycles. The summed E-state index contributed by atoms with van der Waals surface area (Å²) in [5.74, 6) is 0.190. The molecule has 0 aromatic heterocycles. The van der Waals surface area contributed by atoms with Gasteiger partial charge in [0.15, 0.2) is 0 Å². The summed E-state index contributed by atoms with van der Waals surface area (Å²) in [4.78, 5) is 12.0. The first-order chi connectivity index (χ1) is 10.7. The molecule has 2 fully saturated rings. The van der Waals surface area contributed by atoms with E-state index in [2.05, 4.69) is 5.32 Å². The second kappa shape index (κ2) is 5.80. The normalized spacial score (nSPS) is 22.7. The number of anilines is 1. The first kappa shape index (κ1) is 16.8. The second-order valence-corrected chi connectivity index (χ2v) is 7.85. The minimum atomic E-state index is -0.450. The van der Waals surface area contributed by atoms with Gasteiger partial charge in [-0.25, -0.2) is 0 Å². The van der Waals surface area contributed by atoms with Crippen LogP contribution in [-0.2, 0) is 14.1 Å². The van der Waals surface area contributed by atoms with Crippen LogP contribution in [0.1, 0.15) is 47.0 Å². The van der Waals surface area contributed by atoms with Crippen molar-refractivity contribution in [2.45, 2.75) is 58.2 Å². The lowest BCUT2D eigenvalue weighted by Gasteiger charge is -2.32. The van der Waals surface area contributed by atoms with E-state index in [0.29, 0.717) is 10.7 Å². The number of halogens is 1. The molecule has 6 heteroatoms. The molecule has 4 nitrogen and oxygen atoms in total. The minimum Gasteiger partial charge on any atom is -0.399 e. The number of hydrogen-bond donors (Lipinski definition) is 1. The van der Waals surface area contributed by atoms with Crippen molar-refractivity contribution in [2.24, 2.45) is 5.92 Å². The van der Waals surface area contributed by atoms with E-state index in [9.17, 15) is 4.79 Å². The van der Waals surface area contributed by atoms with Gasteiger partial charge in [-0.05, 0) is 58.1 Å². The van der Waals surface area contributed by atoms with Gasteiger partial charge < -0.3 is 14.6 Å². The van der Waals surface area contributed by atoms with Gasteiger partial charge in [0.2, 0.25) is 5.91 Å². The largest absolute Gasteiger partial charge is 0.494 e. The summed E-state index contributed by atoms with van der Waals surface area (Å²) in [6, 6.07) is 5.52. The molecule has 0 spiro atoms. The zero-order valence-electron chi connectivity index (χ0n) is 14.1. The molecule has 0 radical (unpaired) electrons. The fraction of sp³-hybridized carbons (Fsp3) is 0.588. The first-order valence-electron chi connectivity index (χ1n) is 8.15. The van der Waals surface area contributed by atoms with E-state index >= 15 is 0 Å². The summed E-state index contributed by atoms with van der Waals surface area (Å²) in [7, 11) is -0.450. The van der Waals surface area contributed by atoms with Crippen LogP contribution in [0.25, 0.3) is 0 Å². The Hall–Kier alpha value is -1.04. The SMILES string of the molecule is CC1(C)OB(c2ccc(NC(=O)C3CCC3)c(Cl)c2)OC1(C)C. The molecule has 1 saturated carbocycles. The van der Waals surface area contributed by atoms with E-state index in [1.54, 1.807) is 6.07 Å². The Morgan fingerprint density at radius 3 is 2.30 bits per heavy atom. The lowest BCUT2D eigenvalue weighted by Crippen LogP contribution is -2.41. The maximum Gasteiger partial charge on any atom is 0.494 e. The average Bonchev–Trinajstić information content (AvgIpc) is 2.59.